The summed E-state index contributed by atoms with van der Waals surface area (Å²) in [6, 6.07) is 6.63. The molecule has 0 aliphatic carbocycles. The Morgan fingerprint density at radius 1 is 1.21 bits per heavy atom. The highest BCUT2D eigenvalue weighted by atomic mass is 19.4. The van der Waals surface area contributed by atoms with Gasteiger partial charge < -0.3 is 5.11 Å². The van der Waals surface area contributed by atoms with Crippen molar-refractivity contribution in [1.82, 2.24) is 14.6 Å². The van der Waals surface area contributed by atoms with Crippen LogP contribution in [0.4, 0.5) is 13.2 Å². The van der Waals surface area contributed by atoms with E-state index in [-0.39, 0.29) is 22.3 Å². The first kappa shape index (κ1) is 15.7. The largest absolute Gasteiger partial charge is 0.476 e. The van der Waals surface area contributed by atoms with Crippen LogP contribution >= 0.6 is 0 Å². The Kier molecular flexibility index (Phi) is 3.55. The van der Waals surface area contributed by atoms with Crippen LogP contribution in [0.1, 0.15) is 26.5 Å². The molecule has 0 atom stereocenters. The van der Waals surface area contributed by atoms with Crippen LogP contribution in [0, 0.1) is 0 Å². The normalized spacial score (nSPS) is 11.6. The average molecular weight is 335 g/mol. The number of hydrogen-bond acceptors (Lipinski definition) is 4. The Bertz CT molecular complexity index is 963. The fraction of sp³-hybridized carbons (Fsp3) is 0.0667. The molecule has 0 unspecified atom stereocenters. The Labute approximate surface area is 132 Å². The van der Waals surface area contributed by atoms with Crippen LogP contribution in [0.15, 0.2) is 36.5 Å². The molecule has 0 saturated heterocycles. The molecule has 1 N–H and O–H groups in total. The first-order chi connectivity index (χ1) is 11.3. The summed E-state index contributed by atoms with van der Waals surface area (Å²) in [5.74, 6) is -1.52. The van der Waals surface area contributed by atoms with Gasteiger partial charge in [-0.25, -0.2) is 14.3 Å². The number of aromatic carboxylic acids is 1. The lowest BCUT2D eigenvalue weighted by atomic mass is 10.0. The number of aromatic nitrogens is 3. The van der Waals surface area contributed by atoms with Crippen molar-refractivity contribution in [3.8, 4) is 11.1 Å². The topological polar surface area (TPSA) is 84.6 Å². The fourth-order valence-electron chi connectivity index (χ4n) is 2.39. The van der Waals surface area contributed by atoms with Gasteiger partial charge >= 0.3 is 12.1 Å². The zero-order chi connectivity index (χ0) is 17.5. The number of rotatable bonds is 3. The molecule has 1 aromatic carbocycles. The zero-order valence-electron chi connectivity index (χ0n) is 11.8. The Morgan fingerprint density at radius 3 is 2.54 bits per heavy atom. The fourth-order valence-corrected chi connectivity index (χ4v) is 2.39. The van der Waals surface area contributed by atoms with Gasteiger partial charge in [0.2, 0.25) is 0 Å². The molecular formula is C15H8F3N3O3. The van der Waals surface area contributed by atoms with E-state index < -0.39 is 23.5 Å². The summed E-state index contributed by atoms with van der Waals surface area (Å²) in [5.41, 5.74) is -1.95. The predicted molar refractivity (Wildman–Crippen MR) is 75.8 cm³/mol. The van der Waals surface area contributed by atoms with E-state index in [1.807, 2.05) is 0 Å². The summed E-state index contributed by atoms with van der Waals surface area (Å²) in [5, 5.41) is 12.9. The van der Waals surface area contributed by atoms with Gasteiger partial charge in [-0.1, -0.05) is 24.3 Å². The van der Waals surface area contributed by atoms with Crippen LogP contribution < -0.4 is 0 Å². The molecule has 9 heteroatoms. The average Bonchev–Trinajstić information content (AvgIpc) is 2.93. The molecule has 0 bridgehead atoms. The SMILES string of the molecule is O=Cc1ccccc1-c1c(C(=O)O)nn2c(C(F)(F)F)ccnc12. The molecule has 0 radical (unpaired) electrons. The summed E-state index contributed by atoms with van der Waals surface area (Å²) in [7, 11) is 0. The highest BCUT2D eigenvalue weighted by molar-refractivity contribution is 6.02. The third-order valence-corrected chi connectivity index (χ3v) is 3.37. The molecule has 0 amide bonds. The number of nitrogens with zero attached hydrogens (tertiary/aromatic N) is 3. The number of carbonyl (C=O) groups excluding carboxylic acids is 1. The van der Waals surface area contributed by atoms with Crippen LogP contribution in [0.3, 0.4) is 0 Å². The van der Waals surface area contributed by atoms with E-state index in [0.29, 0.717) is 16.9 Å². The Hall–Kier alpha value is -3.23. The van der Waals surface area contributed by atoms with Gasteiger partial charge in [0.25, 0.3) is 0 Å². The number of aldehydes is 1. The molecule has 0 saturated carbocycles. The van der Waals surface area contributed by atoms with Crippen LogP contribution in [-0.2, 0) is 6.18 Å². The zero-order valence-corrected chi connectivity index (χ0v) is 11.8. The maximum atomic E-state index is 13.1. The monoisotopic (exact) mass is 335 g/mol. The third-order valence-electron chi connectivity index (χ3n) is 3.37. The van der Waals surface area contributed by atoms with Gasteiger partial charge in [-0.15, -0.1) is 0 Å². The van der Waals surface area contributed by atoms with Gasteiger partial charge in [-0.2, -0.15) is 18.3 Å². The number of halogens is 3. The summed E-state index contributed by atoms with van der Waals surface area (Å²) >= 11 is 0. The van der Waals surface area contributed by atoms with Crippen molar-refractivity contribution in [1.29, 1.82) is 0 Å². The Balaban J connectivity index is 2.45. The molecule has 6 nitrogen and oxygen atoms in total. The Morgan fingerprint density at radius 2 is 1.92 bits per heavy atom. The van der Waals surface area contributed by atoms with E-state index in [0.717, 1.165) is 6.20 Å². The molecule has 0 aliphatic heterocycles. The van der Waals surface area contributed by atoms with E-state index in [4.69, 9.17) is 0 Å². The van der Waals surface area contributed by atoms with Crippen molar-refractivity contribution in [3.63, 3.8) is 0 Å². The molecule has 24 heavy (non-hydrogen) atoms. The van der Waals surface area contributed by atoms with Gasteiger partial charge in [0, 0.05) is 11.8 Å². The minimum absolute atomic E-state index is 0.120. The number of benzene rings is 1. The lowest BCUT2D eigenvalue weighted by Gasteiger charge is -2.08. The number of carboxylic acids is 1. The number of carbonyl (C=O) groups is 2. The smallest absolute Gasteiger partial charge is 0.433 e. The van der Waals surface area contributed by atoms with E-state index in [2.05, 4.69) is 10.1 Å². The molecule has 2 heterocycles. The summed E-state index contributed by atoms with van der Waals surface area (Å²) in [6.07, 6.45) is -3.35. The maximum Gasteiger partial charge on any atom is 0.433 e. The van der Waals surface area contributed by atoms with Crippen molar-refractivity contribution >= 4 is 17.9 Å². The van der Waals surface area contributed by atoms with Crippen LogP contribution in [0.25, 0.3) is 16.8 Å². The first-order valence-electron chi connectivity index (χ1n) is 6.57. The van der Waals surface area contributed by atoms with Gasteiger partial charge in [-0.05, 0) is 11.6 Å². The first-order valence-corrected chi connectivity index (χ1v) is 6.57. The van der Waals surface area contributed by atoms with Crippen molar-refractivity contribution in [3.05, 3.63) is 53.5 Å². The standard InChI is InChI=1S/C15H8F3N3O3/c16-15(17,18)10-5-6-19-13-11(12(14(23)24)20-21(10)13)9-4-2-1-3-8(9)7-22/h1-7H,(H,23,24). The minimum atomic E-state index is -4.75. The summed E-state index contributed by atoms with van der Waals surface area (Å²) in [6.45, 7) is 0. The molecule has 3 rings (SSSR count). The minimum Gasteiger partial charge on any atom is -0.476 e. The van der Waals surface area contributed by atoms with Crippen LogP contribution in [0.5, 0.6) is 0 Å². The van der Waals surface area contributed by atoms with E-state index in [1.54, 1.807) is 6.07 Å². The van der Waals surface area contributed by atoms with Crippen LogP contribution in [-0.4, -0.2) is 32.0 Å². The summed E-state index contributed by atoms with van der Waals surface area (Å²) in [4.78, 5) is 26.5. The lowest BCUT2D eigenvalue weighted by molar-refractivity contribution is -0.142. The number of carboxylic acid groups (broad SMARTS) is 1. The van der Waals surface area contributed by atoms with Crippen molar-refractivity contribution in [2.24, 2.45) is 0 Å². The third kappa shape index (κ3) is 2.39. The maximum absolute atomic E-state index is 13.1. The molecule has 0 spiro atoms. The van der Waals surface area contributed by atoms with Gasteiger partial charge in [0.15, 0.2) is 17.6 Å². The van der Waals surface area contributed by atoms with Crippen molar-refractivity contribution in [2.75, 3.05) is 0 Å². The lowest BCUT2D eigenvalue weighted by Crippen LogP contribution is -2.13. The molecule has 2 aromatic heterocycles. The second kappa shape index (κ2) is 5.44. The second-order valence-corrected chi connectivity index (χ2v) is 4.80. The predicted octanol–water partition coefficient (Wildman–Crippen LogP) is 2.93. The number of alkyl halides is 3. The number of hydrogen-bond donors (Lipinski definition) is 1. The quantitative estimate of drug-likeness (QED) is 0.744. The van der Waals surface area contributed by atoms with E-state index in [9.17, 15) is 27.9 Å². The van der Waals surface area contributed by atoms with Gasteiger partial charge in [-0.3, -0.25) is 4.79 Å². The molecule has 0 fully saturated rings. The van der Waals surface area contributed by atoms with Crippen molar-refractivity contribution in [2.45, 2.75) is 6.18 Å². The van der Waals surface area contributed by atoms with Crippen molar-refractivity contribution < 1.29 is 27.9 Å². The summed E-state index contributed by atoms with van der Waals surface area (Å²) < 4.78 is 39.8. The highest BCUT2D eigenvalue weighted by Gasteiger charge is 2.36. The molecular weight excluding hydrogens is 327 g/mol. The number of fused-ring (bicyclic) bond motifs is 1. The molecule has 122 valence electrons. The van der Waals surface area contributed by atoms with Crippen LogP contribution in [0.2, 0.25) is 0 Å². The molecule has 0 aliphatic rings. The van der Waals surface area contributed by atoms with E-state index >= 15 is 0 Å². The second-order valence-electron chi connectivity index (χ2n) is 4.80. The molecule has 3 aromatic rings. The van der Waals surface area contributed by atoms with Gasteiger partial charge in [0.1, 0.15) is 5.69 Å². The van der Waals surface area contributed by atoms with Gasteiger partial charge in [0.05, 0.1) is 5.56 Å². The van der Waals surface area contributed by atoms with E-state index in [1.165, 1.54) is 18.2 Å². The highest BCUT2D eigenvalue weighted by Crippen LogP contribution is 2.34.